The van der Waals surface area contributed by atoms with Crippen LogP contribution in [0.15, 0.2) is 15.9 Å². The summed E-state index contributed by atoms with van der Waals surface area (Å²) in [5.74, 6) is -0.222. The summed E-state index contributed by atoms with van der Waals surface area (Å²) < 4.78 is 25.5. The highest BCUT2D eigenvalue weighted by molar-refractivity contribution is 9.10. The average Bonchev–Trinajstić information content (AvgIpc) is 2.57. The summed E-state index contributed by atoms with van der Waals surface area (Å²) >= 11 is 4.60. The van der Waals surface area contributed by atoms with Gasteiger partial charge in [0.25, 0.3) is 5.91 Å². The molecule has 0 spiro atoms. The van der Waals surface area contributed by atoms with Crippen LogP contribution in [0.3, 0.4) is 0 Å². The number of carbonyl (C=O) groups is 1. The van der Waals surface area contributed by atoms with E-state index in [1.54, 1.807) is 25.3 Å². The van der Waals surface area contributed by atoms with Gasteiger partial charge in [-0.2, -0.15) is 0 Å². The maximum atomic E-state index is 11.8. The summed E-state index contributed by atoms with van der Waals surface area (Å²) in [6, 6.07) is 1.79. The van der Waals surface area contributed by atoms with Gasteiger partial charge in [0, 0.05) is 16.6 Å². The predicted octanol–water partition coefficient (Wildman–Crippen LogP) is 1.57. The van der Waals surface area contributed by atoms with Crippen molar-refractivity contribution in [3.8, 4) is 0 Å². The third-order valence-corrected chi connectivity index (χ3v) is 4.74. The van der Waals surface area contributed by atoms with Gasteiger partial charge in [0.2, 0.25) is 10.0 Å². The van der Waals surface area contributed by atoms with Gasteiger partial charge in [-0.15, -0.1) is 11.3 Å². The van der Waals surface area contributed by atoms with Crippen LogP contribution in [-0.2, 0) is 10.0 Å². The zero-order valence-electron chi connectivity index (χ0n) is 10.3. The molecule has 18 heavy (non-hydrogen) atoms. The quantitative estimate of drug-likeness (QED) is 0.842. The first-order valence-electron chi connectivity index (χ1n) is 5.11. The fraction of sp³-hybridized carbons (Fsp3) is 0.500. The Balaban J connectivity index is 2.61. The highest BCUT2D eigenvalue weighted by Crippen LogP contribution is 2.22. The van der Waals surface area contributed by atoms with Gasteiger partial charge < -0.3 is 5.32 Å². The van der Waals surface area contributed by atoms with E-state index < -0.39 is 15.6 Å². The Morgan fingerprint density at radius 2 is 2.11 bits per heavy atom. The first kappa shape index (κ1) is 15.6. The van der Waals surface area contributed by atoms with Gasteiger partial charge >= 0.3 is 0 Å². The van der Waals surface area contributed by atoms with Crippen molar-refractivity contribution in [3.05, 3.63) is 20.8 Å². The Morgan fingerprint density at radius 1 is 1.50 bits per heavy atom. The molecule has 1 amide bonds. The first-order chi connectivity index (χ1) is 8.11. The second kappa shape index (κ2) is 5.68. The zero-order chi connectivity index (χ0) is 14.0. The lowest BCUT2D eigenvalue weighted by Gasteiger charge is -2.25. The summed E-state index contributed by atoms with van der Waals surface area (Å²) in [6.07, 6.45) is 1.09. The van der Waals surface area contributed by atoms with Crippen molar-refractivity contribution < 1.29 is 13.2 Å². The summed E-state index contributed by atoms with van der Waals surface area (Å²) in [5, 5.41) is 4.51. The minimum absolute atomic E-state index is 0.212. The molecule has 0 aromatic carbocycles. The summed E-state index contributed by atoms with van der Waals surface area (Å²) in [7, 11) is -3.30. The van der Waals surface area contributed by atoms with E-state index in [9.17, 15) is 13.2 Å². The minimum Gasteiger partial charge on any atom is -0.349 e. The number of thiophene rings is 1. The van der Waals surface area contributed by atoms with Crippen LogP contribution < -0.4 is 10.0 Å². The molecule has 1 rings (SSSR count). The number of sulfonamides is 1. The highest BCUT2D eigenvalue weighted by atomic mass is 79.9. The standard InChI is InChI=1S/C10H15BrN2O3S2/c1-10(2,13-18(3,15)16)6-12-9(14)8-7(11)4-5-17-8/h4-5,13H,6H2,1-3H3,(H,12,14). The van der Waals surface area contributed by atoms with E-state index in [1.165, 1.54) is 11.3 Å². The smallest absolute Gasteiger partial charge is 0.262 e. The molecule has 0 bridgehead atoms. The van der Waals surface area contributed by atoms with Gasteiger partial charge in [-0.1, -0.05) is 0 Å². The number of hydrogen-bond donors (Lipinski definition) is 2. The molecule has 0 aliphatic carbocycles. The van der Waals surface area contributed by atoms with E-state index in [4.69, 9.17) is 0 Å². The molecule has 0 aliphatic rings. The molecule has 0 atom stereocenters. The Kier molecular flexibility index (Phi) is 4.93. The van der Waals surface area contributed by atoms with Crippen LogP contribution >= 0.6 is 27.3 Å². The molecule has 0 saturated carbocycles. The number of rotatable bonds is 5. The molecule has 0 unspecified atom stereocenters. The maximum absolute atomic E-state index is 11.8. The van der Waals surface area contributed by atoms with Gasteiger partial charge in [-0.05, 0) is 41.2 Å². The normalized spacial score (nSPS) is 12.4. The van der Waals surface area contributed by atoms with Gasteiger partial charge in [0.1, 0.15) is 4.88 Å². The molecular formula is C10H15BrN2O3S2. The molecule has 2 N–H and O–H groups in total. The van der Waals surface area contributed by atoms with Gasteiger partial charge in [-0.25, -0.2) is 13.1 Å². The van der Waals surface area contributed by atoms with E-state index in [0.29, 0.717) is 4.88 Å². The number of hydrogen-bond acceptors (Lipinski definition) is 4. The predicted molar refractivity (Wildman–Crippen MR) is 76.4 cm³/mol. The molecule has 0 fully saturated rings. The molecule has 102 valence electrons. The Hall–Kier alpha value is -0.440. The van der Waals surface area contributed by atoms with Crippen molar-refractivity contribution in [2.45, 2.75) is 19.4 Å². The summed E-state index contributed by atoms with van der Waals surface area (Å²) in [6.45, 7) is 3.62. The van der Waals surface area contributed by atoms with Crippen molar-refractivity contribution in [2.75, 3.05) is 12.8 Å². The topological polar surface area (TPSA) is 75.3 Å². The molecule has 0 radical (unpaired) electrons. The second-order valence-electron chi connectivity index (χ2n) is 4.54. The van der Waals surface area contributed by atoms with Gasteiger partial charge in [0.05, 0.1) is 6.26 Å². The van der Waals surface area contributed by atoms with Crippen molar-refractivity contribution >= 4 is 43.2 Å². The fourth-order valence-electron chi connectivity index (χ4n) is 1.38. The summed E-state index contributed by atoms with van der Waals surface area (Å²) in [5.41, 5.74) is -0.729. The van der Waals surface area contributed by atoms with E-state index in [0.717, 1.165) is 10.7 Å². The first-order valence-corrected chi connectivity index (χ1v) is 8.67. The van der Waals surface area contributed by atoms with Gasteiger partial charge in [0.15, 0.2) is 0 Å². The molecule has 5 nitrogen and oxygen atoms in total. The highest BCUT2D eigenvalue weighted by Gasteiger charge is 2.23. The molecule has 0 saturated heterocycles. The minimum atomic E-state index is -3.30. The van der Waals surface area contributed by atoms with E-state index >= 15 is 0 Å². The van der Waals surface area contributed by atoms with E-state index in [-0.39, 0.29) is 12.5 Å². The summed E-state index contributed by atoms with van der Waals surface area (Å²) in [4.78, 5) is 12.4. The van der Waals surface area contributed by atoms with Crippen LogP contribution in [0, 0.1) is 0 Å². The average molecular weight is 355 g/mol. The number of nitrogens with one attached hydrogen (secondary N) is 2. The van der Waals surface area contributed by atoms with Crippen LogP contribution in [0.5, 0.6) is 0 Å². The van der Waals surface area contributed by atoms with Crippen molar-refractivity contribution in [1.82, 2.24) is 10.0 Å². The maximum Gasteiger partial charge on any atom is 0.262 e. The molecule has 8 heteroatoms. The van der Waals surface area contributed by atoms with E-state index in [1.807, 2.05) is 0 Å². The molecule has 0 aliphatic heterocycles. The molecular weight excluding hydrogens is 340 g/mol. The number of amides is 1. The third kappa shape index (κ3) is 5.05. The zero-order valence-corrected chi connectivity index (χ0v) is 13.5. The Morgan fingerprint density at radius 3 is 2.56 bits per heavy atom. The Labute approximate surface area is 119 Å². The second-order valence-corrected chi connectivity index (χ2v) is 8.06. The van der Waals surface area contributed by atoms with Crippen LogP contribution in [0.4, 0.5) is 0 Å². The number of halogens is 1. The van der Waals surface area contributed by atoms with Crippen LogP contribution in [0.1, 0.15) is 23.5 Å². The largest absolute Gasteiger partial charge is 0.349 e. The lowest BCUT2D eigenvalue weighted by Crippen LogP contribution is -2.50. The molecule has 1 heterocycles. The number of carbonyl (C=O) groups excluding carboxylic acids is 1. The van der Waals surface area contributed by atoms with Crippen LogP contribution in [-0.4, -0.2) is 32.7 Å². The third-order valence-electron chi connectivity index (χ3n) is 1.98. The van der Waals surface area contributed by atoms with Crippen molar-refractivity contribution in [2.24, 2.45) is 0 Å². The fourth-order valence-corrected chi connectivity index (χ4v) is 3.92. The molecule has 1 aromatic heterocycles. The lowest BCUT2D eigenvalue weighted by atomic mass is 10.1. The SMILES string of the molecule is CC(C)(CNC(=O)c1sccc1Br)NS(C)(=O)=O. The monoisotopic (exact) mass is 354 g/mol. The lowest BCUT2D eigenvalue weighted by molar-refractivity contribution is 0.0948. The molecule has 1 aromatic rings. The van der Waals surface area contributed by atoms with Gasteiger partial charge in [-0.3, -0.25) is 4.79 Å². The Bertz CT molecular complexity index is 537. The van der Waals surface area contributed by atoms with Crippen LogP contribution in [0.25, 0.3) is 0 Å². The van der Waals surface area contributed by atoms with Crippen LogP contribution in [0.2, 0.25) is 0 Å². The van der Waals surface area contributed by atoms with E-state index in [2.05, 4.69) is 26.0 Å². The van der Waals surface area contributed by atoms with Crippen molar-refractivity contribution in [3.63, 3.8) is 0 Å². The van der Waals surface area contributed by atoms with Crippen molar-refractivity contribution in [1.29, 1.82) is 0 Å².